The van der Waals surface area contributed by atoms with Gasteiger partial charge in [0.1, 0.15) is 5.82 Å². The van der Waals surface area contributed by atoms with Gasteiger partial charge in [0.2, 0.25) is 11.8 Å². The quantitative estimate of drug-likeness (QED) is 0.739. The maximum absolute atomic E-state index is 13.4. The van der Waals surface area contributed by atoms with Gasteiger partial charge in [-0.3, -0.25) is 9.78 Å². The average molecular weight is 235 g/mol. The molecule has 0 saturated carbocycles. The van der Waals surface area contributed by atoms with Crippen LogP contribution in [0.5, 0.6) is 5.88 Å². The first-order chi connectivity index (χ1) is 8.04. The Morgan fingerprint density at radius 1 is 1.41 bits per heavy atom. The van der Waals surface area contributed by atoms with Gasteiger partial charge >= 0.3 is 0 Å². The smallest absolute Gasteiger partial charge is 0.256 e. The van der Waals surface area contributed by atoms with E-state index < -0.39 is 17.3 Å². The SMILES string of the molecule is Cc1ccc(F)c(Nc2nc(O)cc(=O)[nH]2)c1. The van der Waals surface area contributed by atoms with E-state index in [9.17, 15) is 9.18 Å². The number of aryl methyl sites for hydroxylation is 1. The predicted octanol–water partition coefficient (Wildman–Crippen LogP) is 1.67. The Labute approximate surface area is 96.0 Å². The number of aromatic amines is 1. The number of benzene rings is 1. The normalized spacial score (nSPS) is 10.2. The van der Waals surface area contributed by atoms with Crippen molar-refractivity contribution in [1.29, 1.82) is 0 Å². The second kappa shape index (κ2) is 4.25. The number of nitrogens with zero attached hydrogens (tertiary/aromatic N) is 1. The largest absolute Gasteiger partial charge is 0.493 e. The lowest BCUT2D eigenvalue weighted by Gasteiger charge is -2.07. The third-order valence-electron chi connectivity index (χ3n) is 2.10. The van der Waals surface area contributed by atoms with Crippen LogP contribution in [0, 0.1) is 12.7 Å². The summed E-state index contributed by atoms with van der Waals surface area (Å²) >= 11 is 0. The number of aromatic hydroxyl groups is 1. The number of hydrogen-bond donors (Lipinski definition) is 3. The first kappa shape index (κ1) is 11.1. The van der Waals surface area contributed by atoms with E-state index in [4.69, 9.17) is 5.11 Å². The van der Waals surface area contributed by atoms with E-state index in [-0.39, 0.29) is 11.6 Å². The molecule has 1 heterocycles. The Morgan fingerprint density at radius 3 is 2.88 bits per heavy atom. The lowest BCUT2D eigenvalue weighted by molar-refractivity contribution is 0.452. The van der Waals surface area contributed by atoms with E-state index in [1.165, 1.54) is 6.07 Å². The number of halogens is 1. The fraction of sp³-hybridized carbons (Fsp3) is 0.0909. The fourth-order valence-corrected chi connectivity index (χ4v) is 1.37. The zero-order valence-electron chi connectivity index (χ0n) is 8.99. The Kier molecular flexibility index (Phi) is 2.78. The van der Waals surface area contributed by atoms with E-state index >= 15 is 0 Å². The van der Waals surface area contributed by atoms with Crippen molar-refractivity contribution in [3.63, 3.8) is 0 Å². The van der Waals surface area contributed by atoms with Crippen molar-refractivity contribution in [2.45, 2.75) is 6.92 Å². The second-order valence-electron chi connectivity index (χ2n) is 3.56. The molecule has 6 heteroatoms. The molecule has 2 rings (SSSR count). The molecule has 88 valence electrons. The van der Waals surface area contributed by atoms with Gasteiger partial charge in [0, 0.05) is 0 Å². The molecule has 3 N–H and O–H groups in total. The van der Waals surface area contributed by atoms with Crippen LogP contribution in [-0.4, -0.2) is 15.1 Å². The summed E-state index contributed by atoms with van der Waals surface area (Å²) in [5.74, 6) is -0.912. The van der Waals surface area contributed by atoms with Crippen molar-refractivity contribution < 1.29 is 9.50 Å². The van der Waals surface area contributed by atoms with Gasteiger partial charge < -0.3 is 10.4 Å². The number of rotatable bonds is 2. The van der Waals surface area contributed by atoms with E-state index in [1.54, 1.807) is 12.1 Å². The molecule has 0 bridgehead atoms. The van der Waals surface area contributed by atoms with Crippen molar-refractivity contribution in [2.24, 2.45) is 0 Å². The summed E-state index contributed by atoms with van der Waals surface area (Å²) in [5.41, 5.74) is 0.517. The molecule has 0 atom stereocenters. The van der Waals surface area contributed by atoms with Crippen LogP contribution in [0.2, 0.25) is 0 Å². The molecule has 5 nitrogen and oxygen atoms in total. The van der Waals surface area contributed by atoms with Gasteiger partial charge in [-0.15, -0.1) is 0 Å². The van der Waals surface area contributed by atoms with E-state index in [2.05, 4.69) is 15.3 Å². The second-order valence-corrected chi connectivity index (χ2v) is 3.56. The molecule has 0 amide bonds. The molecular formula is C11H10FN3O2. The first-order valence-corrected chi connectivity index (χ1v) is 4.88. The Hall–Kier alpha value is -2.37. The number of hydrogen-bond acceptors (Lipinski definition) is 4. The summed E-state index contributed by atoms with van der Waals surface area (Å²) in [7, 11) is 0. The monoisotopic (exact) mass is 235 g/mol. The summed E-state index contributed by atoms with van der Waals surface area (Å²) in [4.78, 5) is 17.0. The van der Waals surface area contributed by atoms with Gasteiger partial charge in [-0.2, -0.15) is 4.98 Å². The van der Waals surface area contributed by atoms with Crippen molar-refractivity contribution >= 4 is 11.6 Å². The Morgan fingerprint density at radius 2 is 2.18 bits per heavy atom. The third-order valence-corrected chi connectivity index (χ3v) is 2.10. The predicted molar refractivity (Wildman–Crippen MR) is 60.9 cm³/mol. The van der Waals surface area contributed by atoms with Crippen molar-refractivity contribution in [3.05, 3.63) is 46.0 Å². The molecule has 0 aliphatic carbocycles. The van der Waals surface area contributed by atoms with Crippen LogP contribution in [0.1, 0.15) is 5.56 Å². The lowest BCUT2D eigenvalue weighted by atomic mass is 10.2. The fourth-order valence-electron chi connectivity index (χ4n) is 1.37. The van der Waals surface area contributed by atoms with Crippen molar-refractivity contribution in [2.75, 3.05) is 5.32 Å². The average Bonchev–Trinajstić information content (AvgIpc) is 2.22. The van der Waals surface area contributed by atoms with Crippen LogP contribution in [0.4, 0.5) is 16.0 Å². The van der Waals surface area contributed by atoms with Crippen LogP contribution in [0.25, 0.3) is 0 Å². The Balaban J connectivity index is 2.37. The lowest BCUT2D eigenvalue weighted by Crippen LogP contribution is -2.09. The minimum absolute atomic E-state index is 0.0144. The molecule has 0 aliphatic rings. The zero-order valence-corrected chi connectivity index (χ0v) is 8.99. The van der Waals surface area contributed by atoms with Crippen LogP contribution >= 0.6 is 0 Å². The zero-order chi connectivity index (χ0) is 12.4. The number of nitrogens with one attached hydrogen (secondary N) is 2. The topological polar surface area (TPSA) is 78.0 Å². The van der Waals surface area contributed by atoms with Crippen LogP contribution < -0.4 is 10.9 Å². The summed E-state index contributed by atoms with van der Waals surface area (Å²) in [6, 6.07) is 5.43. The summed E-state index contributed by atoms with van der Waals surface area (Å²) in [6.07, 6.45) is 0. The summed E-state index contributed by atoms with van der Waals surface area (Å²) in [5, 5.41) is 11.7. The van der Waals surface area contributed by atoms with E-state index in [0.29, 0.717) is 0 Å². The molecular weight excluding hydrogens is 225 g/mol. The minimum Gasteiger partial charge on any atom is -0.493 e. The molecule has 0 spiro atoms. The molecule has 0 fully saturated rings. The molecule has 17 heavy (non-hydrogen) atoms. The molecule has 2 aromatic rings. The number of anilines is 2. The van der Waals surface area contributed by atoms with E-state index in [0.717, 1.165) is 11.6 Å². The highest BCUT2D eigenvalue weighted by Crippen LogP contribution is 2.18. The molecule has 1 aromatic heterocycles. The standard InChI is InChI=1S/C11H10FN3O2/c1-6-2-3-7(12)8(4-6)13-11-14-9(16)5-10(17)15-11/h2-5H,1H3,(H3,13,14,15,16,17). The molecule has 0 aliphatic heterocycles. The first-order valence-electron chi connectivity index (χ1n) is 4.88. The van der Waals surface area contributed by atoms with Crippen molar-refractivity contribution in [3.8, 4) is 5.88 Å². The summed E-state index contributed by atoms with van der Waals surface area (Å²) < 4.78 is 13.4. The van der Waals surface area contributed by atoms with Gasteiger partial charge in [0.25, 0.3) is 5.56 Å². The van der Waals surface area contributed by atoms with Gasteiger partial charge in [-0.25, -0.2) is 4.39 Å². The highest BCUT2D eigenvalue weighted by Gasteiger charge is 2.05. The van der Waals surface area contributed by atoms with Crippen LogP contribution in [0.3, 0.4) is 0 Å². The van der Waals surface area contributed by atoms with Gasteiger partial charge in [0.15, 0.2) is 0 Å². The summed E-state index contributed by atoms with van der Waals surface area (Å²) in [6.45, 7) is 1.81. The third kappa shape index (κ3) is 2.60. The molecule has 1 aromatic carbocycles. The maximum Gasteiger partial charge on any atom is 0.256 e. The minimum atomic E-state index is -0.520. The number of aromatic nitrogens is 2. The maximum atomic E-state index is 13.4. The van der Waals surface area contributed by atoms with Crippen LogP contribution in [-0.2, 0) is 0 Å². The van der Waals surface area contributed by atoms with E-state index in [1.807, 2.05) is 6.92 Å². The van der Waals surface area contributed by atoms with Gasteiger partial charge in [0.05, 0.1) is 11.8 Å². The Bertz CT molecular complexity index is 610. The highest BCUT2D eigenvalue weighted by atomic mass is 19.1. The van der Waals surface area contributed by atoms with Gasteiger partial charge in [-0.1, -0.05) is 6.07 Å². The molecule has 0 unspecified atom stereocenters. The van der Waals surface area contributed by atoms with Crippen molar-refractivity contribution in [1.82, 2.24) is 9.97 Å². The highest BCUT2D eigenvalue weighted by molar-refractivity contribution is 5.55. The number of H-pyrrole nitrogens is 1. The molecule has 0 saturated heterocycles. The van der Waals surface area contributed by atoms with Crippen LogP contribution in [0.15, 0.2) is 29.1 Å². The molecule has 0 radical (unpaired) electrons. The van der Waals surface area contributed by atoms with Gasteiger partial charge in [-0.05, 0) is 24.6 Å².